The maximum Gasteiger partial charge on any atom is 0.332 e. The van der Waals surface area contributed by atoms with E-state index in [2.05, 4.69) is 4.98 Å². The smallest absolute Gasteiger partial charge is 0.332 e. The number of hydrogen-bond donors (Lipinski definition) is 1. The van der Waals surface area contributed by atoms with Gasteiger partial charge in [-0.2, -0.15) is 0 Å². The first-order chi connectivity index (χ1) is 10.6. The van der Waals surface area contributed by atoms with Crippen LogP contribution in [-0.4, -0.2) is 22.6 Å². The molecule has 0 bridgehead atoms. The van der Waals surface area contributed by atoms with E-state index in [1.54, 1.807) is 24.3 Å². The molecule has 1 saturated carbocycles. The predicted molar refractivity (Wildman–Crippen MR) is 81.9 cm³/mol. The molecule has 1 aromatic heterocycles. The molecule has 22 heavy (non-hydrogen) atoms. The summed E-state index contributed by atoms with van der Waals surface area (Å²) in [4.78, 5) is 40.4. The number of esters is 1. The molecule has 3 rings (SSSR count). The van der Waals surface area contributed by atoms with Gasteiger partial charge in [0.05, 0.1) is 18.0 Å². The van der Waals surface area contributed by atoms with Gasteiger partial charge in [-0.05, 0) is 25.0 Å². The quantitative estimate of drug-likeness (QED) is 0.853. The predicted octanol–water partition coefficient (Wildman–Crippen LogP) is 1.52. The number of methoxy groups -OCH3 is 1. The fraction of sp³-hybridized carbons (Fsp3) is 0.438. The zero-order valence-corrected chi connectivity index (χ0v) is 12.4. The number of hydrogen-bond acceptors (Lipinski definition) is 4. The molecule has 2 aromatic rings. The Kier molecular flexibility index (Phi) is 3.60. The molecule has 6 nitrogen and oxygen atoms in total. The number of H-pyrrole nitrogens is 1. The van der Waals surface area contributed by atoms with E-state index in [1.807, 2.05) is 0 Å². The normalized spacial score (nSPS) is 17.3. The van der Waals surface area contributed by atoms with Gasteiger partial charge in [-0.15, -0.1) is 0 Å². The summed E-state index contributed by atoms with van der Waals surface area (Å²) in [7, 11) is 1.29. The second kappa shape index (κ2) is 5.44. The van der Waals surface area contributed by atoms with Crippen LogP contribution in [0.15, 0.2) is 33.9 Å². The average Bonchev–Trinajstić information content (AvgIpc) is 2.55. The van der Waals surface area contributed by atoms with Gasteiger partial charge >= 0.3 is 11.7 Å². The first kappa shape index (κ1) is 14.6. The van der Waals surface area contributed by atoms with Gasteiger partial charge in [0.25, 0.3) is 5.56 Å². The molecule has 1 fully saturated rings. The van der Waals surface area contributed by atoms with E-state index in [9.17, 15) is 14.4 Å². The lowest BCUT2D eigenvalue weighted by molar-refractivity contribution is -0.153. The molecule has 1 N–H and O–H groups in total. The van der Waals surface area contributed by atoms with Crippen molar-refractivity contribution in [3.8, 4) is 0 Å². The van der Waals surface area contributed by atoms with Crippen LogP contribution < -0.4 is 11.2 Å². The van der Waals surface area contributed by atoms with Crippen LogP contribution in [0.5, 0.6) is 0 Å². The zero-order chi connectivity index (χ0) is 15.7. The van der Waals surface area contributed by atoms with Gasteiger partial charge in [-0.25, -0.2) is 14.2 Å². The standard InChI is InChI=1S/C16H18N2O4/c1-22-14(20)16(9-5-2-6-10-16)18-13(19)11-7-3-4-8-12(11)17-15(18)21/h3-4,7-8H,2,5-6,9-10H2,1H3,(H,17,21). The van der Waals surface area contributed by atoms with Crippen LogP contribution in [0, 0.1) is 0 Å². The van der Waals surface area contributed by atoms with E-state index in [0.29, 0.717) is 23.7 Å². The number of nitrogens with one attached hydrogen (secondary N) is 1. The summed E-state index contributed by atoms with van der Waals surface area (Å²) in [5, 5.41) is 0.399. The number of benzene rings is 1. The van der Waals surface area contributed by atoms with Crippen molar-refractivity contribution in [1.29, 1.82) is 0 Å². The molecule has 1 heterocycles. The Hall–Kier alpha value is -2.37. The highest BCUT2D eigenvalue weighted by Crippen LogP contribution is 2.34. The molecular formula is C16H18N2O4. The SMILES string of the molecule is COC(=O)C1(n2c(=O)[nH]c3ccccc3c2=O)CCCCC1. The molecule has 0 aliphatic heterocycles. The number of aromatic amines is 1. The van der Waals surface area contributed by atoms with Crippen molar-refractivity contribution in [2.75, 3.05) is 7.11 Å². The largest absolute Gasteiger partial charge is 0.467 e. The van der Waals surface area contributed by atoms with Crippen molar-refractivity contribution in [3.63, 3.8) is 0 Å². The van der Waals surface area contributed by atoms with E-state index >= 15 is 0 Å². The number of para-hydroxylation sites is 1. The molecule has 0 unspecified atom stereocenters. The maximum absolute atomic E-state index is 12.8. The zero-order valence-electron chi connectivity index (χ0n) is 12.4. The van der Waals surface area contributed by atoms with E-state index in [4.69, 9.17) is 4.74 Å². The summed E-state index contributed by atoms with van der Waals surface area (Å²) in [6.07, 6.45) is 3.45. The summed E-state index contributed by atoms with van der Waals surface area (Å²) in [6, 6.07) is 6.81. The third-order valence-electron chi connectivity index (χ3n) is 4.48. The molecule has 0 amide bonds. The fourth-order valence-electron chi connectivity index (χ4n) is 3.40. The Bertz CT molecular complexity index is 828. The topological polar surface area (TPSA) is 81.2 Å². The minimum absolute atomic E-state index is 0.399. The van der Waals surface area contributed by atoms with Crippen molar-refractivity contribution in [1.82, 2.24) is 9.55 Å². The van der Waals surface area contributed by atoms with Gasteiger partial charge in [0.1, 0.15) is 5.54 Å². The first-order valence-corrected chi connectivity index (χ1v) is 7.43. The lowest BCUT2D eigenvalue weighted by Gasteiger charge is -2.35. The lowest BCUT2D eigenvalue weighted by atomic mass is 9.81. The second-order valence-corrected chi connectivity index (χ2v) is 5.70. The lowest BCUT2D eigenvalue weighted by Crippen LogP contribution is -2.55. The number of aromatic nitrogens is 2. The molecule has 116 valence electrons. The first-order valence-electron chi connectivity index (χ1n) is 7.43. The molecule has 1 aliphatic rings. The van der Waals surface area contributed by atoms with Crippen molar-refractivity contribution in [2.24, 2.45) is 0 Å². The van der Waals surface area contributed by atoms with E-state index in [-0.39, 0.29) is 0 Å². The highest BCUT2D eigenvalue weighted by molar-refractivity contribution is 5.81. The van der Waals surface area contributed by atoms with Gasteiger partial charge in [-0.3, -0.25) is 4.79 Å². The van der Waals surface area contributed by atoms with Crippen LogP contribution in [0.4, 0.5) is 0 Å². The van der Waals surface area contributed by atoms with Crippen molar-refractivity contribution >= 4 is 16.9 Å². The van der Waals surface area contributed by atoms with Crippen molar-refractivity contribution in [3.05, 3.63) is 45.1 Å². The van der Waals surface area contributed by atoms with E-state index < -0.39 is 22.8 Å². The van der Waals surface area contributed by atoms with E-state index in [0.717, 1.165) is 23.8 Å². The Morgan fingerprint density at radius 1 is 1.18 bits per heavy atom. The number of carbonyl (C=O) groups is 1. The van der Waals surface area contributed by atoms with Gasteiger partial charge in [0.15, 0.2) is 0 Å². The number of rotatable bonds is 2. The van der Waals surface area contributed by atoms with Gasteiger partial charge in [0.2, 0.25) is 0 Å². The van der Waals surface area contributed by atoms with Crippen LogP contribution in [0.3, 0.4) is 0 Å². The average molecular weight is 302 g/mol. The summed E-state index contributed by atoms with van der Waals surface area (Å²) in [5.74, 6) is -0.518. The van der Waals surface area contributed by atoms with Crippen LogP contribution >= 0.6 is 0 Å². The van der Waals surface area contributed by atoms with Crippen LogP contribution in [0.25, 0.3) is 10.9 Å². The molecule has 0 radical (unpaired) electrons. The summed E-state index contributed by atoms with van der Waals surface area (Å²) >= 11 is 0. The van der Waals surface area contributed by atoms with E-state index in [1.165, 1.54) is 7.11 Å². The highest BCUT2D eigenvalue weighted by Gasteiger charge is 2.44. The molecule has 6 heteroatoms. The van der Waals surface area contributed by atoms with Gasteiger partial charge < -0.3 is 9.72 Å². The van der Waals surface area contributed by atoms with Gasteiger partial charge in [0, 0.05) is 0 Å². The Labute approximate surface area is 126 Å². The molecule has 1 aliphatic carbocycles. The van der Waals surface area contributed by atoms with Crippen LogP contribution in [0.2, 0.25) is 0 Å². The number of nitrogens with zero attached hydrogens (tertiary/aromatic N) is 1. The number of fused-ring (bicyclic) bond motifs is 1. The third-order valence-corrected chi connectivity index (χ3v) is 4.48. The summed E-state index contributed by atoms with van der Waals surface area (Å²) < 4.78 is 5.99. The monoisotopic (exact) mass is 302 g/mol. The second-order valence-electron chi connectivity index (χ2n) is 5.70. The van der Waals surface area contributed by atoms with Crippen LogP contribution in [-0.2, 0) is 15.1 Å². The molecule has 0 saturated heterocycles. The Morgan fingerprint density at radius 3 is 2.55 bits per heavy atom. The number of ether oxygens (including phenoxy) is 1. The minimum Gasteiger partial charge on any atom is -0.467 e. The molecule has 1 aromatic carbocycles. The summed E-state index contributed by atoms with van der Waals surface area (Å²) in [5.41, 5.74) is -1.71. The minimum atomic E-state index is -1.19. The van der Waals surface area contributed by atoms with Crippen molar-refractivity contribution in [2.45, 2.75) is 37.6 Å². The third kappa shape index (κ3) is 2.06. The van der Waals surface area contributed by atoms with Crippen LogP contribution in [0.1, 0.15) is 32.1 Å². The molecule has 0 spiro atoms. The molecular weight excluding hydrogens is 284 g/mol. The van der Waals surface area contributed by atoms with Gasteiger partial charge in [-0.1, -0.05) is 31.4 Å². The van der Waals surface area contributed by atoms with Crippen molar-refractivity contribution < 1.29 is 9.53 Å². The maximum atomic E-state index is 12.8. The summed E-state index contributed by atoms with van der Waals surface area (Å²) in [6.45, 7) is 0. The Morgan fingerprint density at radius 2 is 1.86 bits per heavy atom. The Balaban J connectivity index is 2.33. The molecule has 0 atom stereocenters. The highest BCUT2D eigenvalue weighted by atomic mass is 16.5. The number of carbonyl (C=O) groups excluding carboxylic acids is 1. The fourth-order valence-corrected chi connectivity index (χ4v) is 3.40.